The molecule has 0 aromatic heterocycles. The van der Waals surface area contributed by atoms with Crippen LogP contribution in [0.15, 0.2) is 23.1 Å². The van der Waals surface area contributed by atoms with Crippen LogP contribution in [-0.4, -0.2) is 28.2 Å². The summed E-state index contributed by atoms with van der Waals surface area (Å²) in [6.07, 6.45) is 1.32. The molecule has 1 aromatic rings. The average Bonchev–Trinajstić information content (AvgIpc) is 2.33. The summed E-state index contributed by atoms with van der Waals surface area (Å²) in [6, 6.07) is 2.92. The van der Waals surface area contributed by atoms with Crippen LogP contribution in [0.4, 0.5) is 8.78 Å². The van der Waals surface area contributed by atoms with Crippen molar-refractivity contribution in [2.45, 2.75) is 24.7 Å². The Morgan fingerprint density at radius 2 is 1.84 bits per heavy atom. The van der Waals surface area contributed by atoms with Crippen molar-refractivity contribution in [3.8, 4) is 0 Å². The van der Waals surface area contributed by atoms with Gasteiger partial charge in [0, 0.05) is 19.8 Å². The zero-order valence-electron chi connectivity index (χ0n) is 10.7. The minimum absolute atomic E-state index is 0.0693. The number of sulfonamides is 1. The largest absolute Gasteiger partial charge is 0.381 e. The quantitative estimate of drug-likeness (QED) is 0.746. The number of halogens is 2. The number of hydrogen-bond acceptors (Lipinski definition) is 3. The van der Waals surface area contributed by atoms with Crippen molar-refractivity contribution in [3.63, 3.8) is 0 Å². The molecule has 1 aromatic carbocycles. The van der Waals surface area contributed by atoms with Crippen LogP contribution >= 0.6 is 0 Å². The summed E-state index contributed by atoms with van der Waals surface area (Å²) in [5.41, 5.74) is 0. The normalized spacial score (nSPS) is 11.7. The monoisotopic (exact) mass is 293 g/mol. The molecule has 0 unspecified atom stereocenters. The Morgan fingerprint density at radius 1 is 1.21 bits per heavy atom. The zero-order chi connectivity index (χ0) is 14.3. The highest BCUT2D eigenvalue weighted by atomic mass is 32.2. The molecule has 0 amide bonds. The third-order valence-electron chi connectivity index (χ3n) is 2.29. The molecule has 108 valence electrons. The minimum Gasteiger partial charge on any atom is -0.381 e. The highest BCUT2D eigenvalue weighted by molar-refractivity contribution is 7.89. The van der Waals surface area contributed by atoms with E-state index in [0.29, 0.717) is 19.6 Å². The lowest BCUT2D eigenvalue weighted by molar-refractivity contribution is 0.133. The Kier molecular flexibility index (Phi) is 6.33. The van der Waals surface area contributed by atoms with Crippen LogP contribution in [-0.2, 0) is 14.8 Å². The van der Waals surface area contributed by atoms with E-state index in [0.717, 1.165) is 24.6 Å². The van der Waals surface area contributed by atoms with Crippen LogP contribution in [0.3, 0.4) is 0 Å². The van der Waals surface area contributed by atoms with Crippen molar-refractivity contribution >= 4 is 10.0 Å². The third kappa shape index (κ3) is 4.85. The lowest BCUT2D eigenvalue weighted by atomic mass is 10.3. The second-order valence-electron chi connectivity index (χ2n) is 3.91. The van der Waals surface area contributed by atoms with E-state index in [2.05, 4.69) is 4.72 Å². The predicted octanol–water partition coefficient (Wildman–Crippen LogP) is 2.06. The van der Waals surface area contributed by atoms with Gasteiger partial charge in [-0.05, 0) is 25.0 Å². The summed E-state index contributed by atoms with van der Waals surface area (Å²) in [4.78, 5) is -0.940. The zero-order valence-corrected chi connectivity index (χ0v) is 11.5. The molecule has 0 atom stereocenters. The van der Waals surface area contributed by atoms with Gasteiger partial charge in [0.25, 0.3) is 0 Å². The third-order valence-corrected chi connectivity index (χ3v) is 3.81. The van der Waals surface area contributed by atoms with Crippen molar-refractivity contribution in [3.05, 3.63) is 29.8 Å². The van der Waals surface area contributed by atoms with Gasteiger partial charge < -0.3 is 4.74 Å². The van der Waals surface area contributed by atoms with E-state index in [1.807, 2.05) is 6.92 Å². The maximum Gasteiger partial charge on any atom is 0.246 e. The molecule has 0 radical (unpaired) electrons. The summed E-state index contributed by atoms with van der Waals surface area (Å²) in [5.74, 6) is -2.20. The van der Waals surface area contributed by atoms with E-state index < -0.39 is 26.6 Å². The van der Waals surface area contributed by atoms with Gasteiger partial charge in [0.05, 0.1) is 0 Å². The van der Waals surface area contributed by atoms with Gasteiger partial charge in [-0.2, -0.15) is 0 Å². The molecule has 1 rings (SSSR count). The van der Waals surface area contributed by atoms with Crippen LogP contribution in [0.2, 0.25) is 0 Å². The molecule has 0 aliphatic rings. The number of ether oxygens (including phenoxy) is 1. The van der Waals surface area contributed by atoms with Crippen LogP contribution in [0, 0.1) is 11.6 Å². The first kappa shape index (κ1) is 16.0. The molecular weight excluding hydrogens is 276 g/mol. The maximum absolute atomic E-state index is 13.3. The van der Waals surface area contributed by atoms with Crippen molar-refractivity contribution in [2.24, 2.45) is 0 Å². The smallest absolute Gasteiger partial charge is 0.246 e. The number of nitrogens with one attached hydrogen (secondary N) is 1. The molecule has 0 aliphatic heterocycles. The molecular formula is C12H17F2NO3S. The topological polar surface area (TPSA) is 55.4 Å². The highest BCUT2D eigenvalue weighted by Gasteiger charge is 2.22. The first-order valence-corrected chi connectivity index (χ1v) is 7.48. The molecule has 19 heavy (non-hydrogen) atoms. The Morgan fingerprint density at radius 3 is 2.42 bits per heavy atom. The molecule has 0 fully saturated rings. The second kappa shape index (κ2) is 7.52. The van der Waals surface area contributed by atoms with E-state index in [4.69, 9.17) is 4.74 Å². The van der Waals surface area contributed by atoms with Crippen LogP contribution in [0.5, 0.6) is 0 Å². The van der Waals surface area contributed by atoms with Crippen molar-refractivity contribution in [1.29, 1.82) is 0 Å². The minimum atomic E-state index is -4.17. The molecule has 0 aliphatic carbocycles. The number of rotatable bonds is 8. The van der Waals surface area contributed by atoms with E-state index in [1.165, 1.54) is 0 Å². The standard InChI is InChI=1S/C12H17F2NO3S/c1-2-8-18-9-4-7-15-19(16,17)12-10(13)5-3-6-11(12)14/h3,5-6,15H,2,4,7-9H2,1H3. The Hall–Kier alpha value is -1.05. The fourth-order valence-corrected chi connectivity index (χ4v) is 2.65. The Balaban J connectivity index is 2.57. The van der Waals surface area contributed by atoms with Gasteiger partial charge in [-0.3, -0.25) is 0 Å². The molecule has 0 saturated heterocycles. The van der Waals surface area contributed by atoms with Gasteiger partial charge in [-0.15, -0.1) is 0 Å². The lowest BCUT2D eigenvalue weighted by Crippen LogP contribution is -2.27. The highest BCUT2D eigenvalue weighted by Crippen LogP contribution is 2.17. The fourth-order valence-electron chi connectivity index (χ4n) is 1.44. The second-order valence-corrected chi connectivity index (χ2v) is 5.62. The molecule has 1 N–H and O–H groups in total. The van der Waals surface area contributed by atoms with E-state index in [9.17, 15) is 17.2 Å². The summed E-state index contributed by atoms with van der Waals surface area (Å²) in [6.45, 7) is 3.04. The maximum atomic E-state index is 13.3. The van der Waals surface area contributed by atoms with Gasteiger partial charge in [-0.25, -0.2) is 21.9 Å². The average molecular weight is 293 g/mol. The van der Waals surface area contributed by atoms with Crippen LogP contribution in [0.1, 0.15) is 19.8 Å². The Labute approximate surface area is 111 Å². The number of benzene rings is 1. The van der Waals surface area contributed by atoms with Gasteiger partial charge >= 0.3 is 0 Å². The summed E-state index contributed by atoms with van der Waals surface area (Å²) in [7, 11) is -4.17. The summed E-state index contributed by atoms with van der Waals surface area (Å²) >= 11 is 0. The first-order valence-electron chi connectivity index (χ1n) is 6.00. The van der Waals surface area contributed by atoms with E-state index in [1.54, 1.807) is 0 Å². The number of hydrogen-bond donors (Lipinski definition) is 1. The molecule has 4 nitrogen and oxygen atoms in total. The van der Waals surface area contributed by atoms with Crippen molar-refractivity contribution in [1.82, 2.24) is 4.72 Å². The van der Waals surface area contributed by atoms with E-state index >= 15 is 0 Å². The predicted molar refractivity (Wildman–Crippen MR) is 67.3 cm³/mol. The van der Waals surface area contributed by atoms with Gasteiger partial charge in [-0.1, -0.05) is 13.0 Å². The SMILES string of the molecule is CCCOCCCNS(=O)(=O)c1c(F)cccc1F. The Bertz CT molecular complexity index is 485. The summed E-state index contributed by atoms with van der Waals surface area (Å²) in [5, 5.41) is 0. The van der Waals surface area contributed by atoms with Gasteiger partial charge in [0.15, 0.2) is 4.90 Å². The molecule has 0 spiro atoms. The van der Waals surface area contributed by atoms with Crippen LogP contribution < -0.4 is 4.72 Å². The van der Waals surface area contributed by atoms with Crippen molar-refractivity contribution < 1.29 is 21.9 Å². The fraction of sp³-hybridized carbons (Fsp3) is 0.500. The molecule has 0 bridgehead atoms. The molecule has 0 saturated carbocycles. The lowest BCUT2D eigenvalue weighted by Gasteiger charge is -2.08. The summed E-state index contributed by atoms with van der Waals surface area (Å²) < 4.78 is 57.5. The van der Waals surface area contributed by atoms with Crippen LogP contribution in [0.25, 0.3) is 0 Å². The first-order chi connectivity index (χ1) is 8.99. The molecule has 7 heteroatoms. The van der Waals surface area contributed by atoms with E-state index in [-0.39, 0.29) is 6.54 Å². The van der Waals surface area contributed by atoms with Crippen molar-refractivity contribution in [2.75, 3.05) is 19.8 Å². The van der Waals surface area contributed by atoms with Gasteiger partial charge in [0.2, 0.25) is 10.0 Å². The molecule has 0 heterocycles. The van der Waals surface area contributed by atoms with Gasteiger partial charge in [0.1, 0.15) is 11.6 Å².